The third-order valence-electron chi connectivity index (χ3n) is 8.11. The monoisotopic (exact) mass is 597 g/mol. The minimum absolute atomic E-state index is 0.0844. The Morgan fingerprint density at radius 3 is 2.51 bits per heavy atom. The molecule has 2 atom stereocenters. The fourth-order valence-electron chi connectivity index (χ4n) is 6.09. The Kier molecular flexibility index (Phi) is 6.79. The molecule has 4 aromatic rings. The number of benzene rings is 1. The molecule has 5 heterocycles. The van der Waals surface area contributed by atoms with Gasteiger partial charge in [0.2, 0.25) is 0 Å². The van der Waals surface area contributed by atoms with Crippen LogP contribution in [0.3, 0.4) is 0 Å². The number of hydrogen-bond donors (Lipinski definition) is 1. The number of aromatic carboxylic acids is 1. The zero-order valence-electron chi connectivity index (χ0n) is 22.7. The summed E-state index contributed by atoms with van der Waals surface area (Å²) in [6, 6.07) is 11.0. The van der Waals surface area contributed by atoms with Crippen LogP contribution < -0.4 is 9.64 Å². The van der Waals surface area contributed by atoms with Gasteiger partial charge in [-0.25, -0.2) is 9.78 Å². The number of halogens is 3. The van der Waals surface area contributed by atoms with E-state index in [1.807, 2.05) is 0 Å². The first-order chi connectivity index (χ1) is 20.7. The summed E-state index contributed by atoms with van der Waals surface area (Å²) < 4.78 is 61.6. The van der Waals surface area contributed by atoms with Gasteiger partial charge in [-0.2, -0.15) is 0 Å². The van der Waals surface area contributed by atoms with E-state index in [0.717, 1.165) is 25.7 Å². The highest BCUT2D eigenvalue weighted by molar-refractivity contribution is 5.85. The molecule has 3 aromatic heterocycles. The largest absolute Gasteiger partial charge is 0.573 e. The molecule has 1 aliphatic carbocycles. The van der Waals surface area contributed by atoms with Gasteiger partial charge < -0.3 is 28.4 Å². The average molecular weight is 598 g/mol. The van der Waals surface area contributed by atoms with E-state index < -0.39 is 12.3 Å². The number of alkyl halides is 3. The zero-order chi connectivity index (χ0) is 29.7. The predicted octanol–water partition coefficient (Wildman–Crippen LogP) is 5.98. The van der Waals surface area contributed by atoms with E-state index in [1.54, 1.807) is 18.2 Å². The van der Waals surface area contributed by atoms with Gasteiger partial charge in [0.05, 0.1) is 12.7 Å². The number of carbonyl (C=O) groups is 1. The lowest BCUT2D eigenvalue weighted by Crippen LogP contribution is -2.45. The summed E-state index contributed by atoms with van der Waals surface area (Å²) in [4.78, 5) is 17.5. The van der Waals surface area contributed by atoms with E-state index in [9.17, 15) is 23.1 Å². The van der Waals surface area contributed by atoms with E-state index in [0.29, 0.717) is 35.9 Å². The second kappa shape index (κ2) is 10.7. The van der Waals surface area contributed by atoms with Crippen molar-refractivity contribution in [3.05, 3.63) is 59.5 Å². The van der Waals surface area contributed by atoms with E-state index >= 15 is 0 Å². The summed E-state index contributed by atoms with van der Waals surface area (Å²) in [7, 11) is 0. The fraction of sp³-hybridized carbons (Fsp3) is 0.414. The molecule has 224 valence electrons. The van der Waals surface area contributed by atoms with Gasteiger partial charge in [-0.05, 0) is 62.8 Å². The van der Waals surface area contributed by atoms with Crippen LogP contribution >= 0.6 is 0 Å². The third kappa shape index (κ3) is 5.54. The Balaban J connectivity index is 1.07. The maximum absolute atomic E-state index is 13.1. The van der Waals surface area contributed by atoms with Gasteiger partial charge in [0.15, 0.2) is 0 Å². The van der Waals surface area contributed by atoms with Crippen molar-refractivity contribution >= 4 is 12.0 Å². The highest BCUT2D eigenvalue weighted by Gasteiger charge is 2.44. The van der Waals surface area contributed by atoms with Crippen LogP contribution in [0.4, 0.5) is 19.2 Å². The lowest BCUT2D eigenvalue weighted by atomic mass is 9.99. The van der Waals surface area contributed by atoms with Gasteiger partial charge in [-0.3, -0.25) is 0 Å². The van der Waals surface area contributed by atoms with Crippen molar-refractivity contribution in [3.63, 3.8) is 0 Å². The van der Waals surface area contributed by atoms with Gasteiger partial charge in [-0.1, -0.05) is 28.5 Å². The Morgan fingerprint density at radius 2 is 1.79 bits per heavy atom. The van der Waals surface area contributed by atoms with Gasteiger partial charge in [0.1, 0.15) is 28.6 Å². The zero-order valence-corrected chi connectivity index (χ0v) is 22.7. The molecule has 2 saturated heterocycles. The second-order valence-corrected chi connectivity index (χ2v) is 11.0. The van der Waals surface area contributed by atoms with Crippen LogP contribution in [0.1, 0.15) is 66.3 Å². The number of aromatic nitrogens is 4. The quantitative estimate of drug-likeness (QED) is 0.244. The molecular formula is C29H26F3N5O6. The maximum Gasteiger partial charge on any atom is 0.573 e. The first kappa shape index (κ1) is 27.4. The Hall–Kier alpha value is -4.46. The van der Waals surface area contributed by atoms with E-state index in [1.165, 1.54) is 24.3 Å². The molecule has 1 saturated carbocycles. The summed E-state index contributed by atoms with van der Waals surface area (Å²) in [5.74, 6) is -0.536. The van der Waals surface area contributed by atoms with Crippen LogP contribution in [-0.2, 0) is 11.3 Å². The number of carboxylic acid groups (broad SMARTS) is 1. The first-order valence-corrected chi connectivity index (χ1v) is 14.0. The van der Waals surface area contributed by atoms with E-state index in [4.69, 9.17) is 13.7 Å². The summed E-state index contributed by atoms with van der Waals surface area (Å²) in [6.07, 6.45) is 0.0805. The molecule has 1 aromatic carbocycles. The van der Waals surface area contributed by atoms with Gasteiger partial charge >= 0.3 is 18.3 Å². The molecule has 14 heteroatoms. The molecule has 2 bridgehead atoms. The molecule has 3 aliphatic rings. The molecule has 3 fully saturated rings. The molecule has 0 radical (unpaired) electrons. The first-order valence-electron chi connectivity index (χ1n) is 14.0. The van der Waals surface area contributed by atoms with Crippen LogP contribution in [0.5, 0.6) is 5.75 Å². The Bertz CT molecular complexity index is 1640. The molecule has 1 N–H and O–H groups in total. The highest BCUT2D eigenvalue weighted by atomic mass is 19.4. The average Bonchev–Trinajstić information content (AvgIpc) is 3.44. The summed E-state index contributed by atoms with van der Waals surface area (Å²) in [5.41, 5.74) is 1.30. The molecule has 0 amide bonds. The van der Waals surface area contributed by atoms with E-state index in [2.05, 4.69) is 30.0 Å². The predicted molar refractivity (Wildman–Crippen MR) is 142 cm³/mol. The van der Waals surface area contributed by atoms with Gasteiger partial charge in [0.25, 0.3) is 5.89 Å². The summed E-state index contributed by atoms with van der Waals surface area (Å²) in [6.45, 7) is 0.144. The lowest BCUT2D eigenvalue weighted by molar-refractivity contribution is -0.274. The fourth-order valence-corrected chi connectivity index (χ4v) is 6.09. The van der Waals surface area contributed by atoms with Crippen molar-refractivity contribution in [1.29, 1.82) is 0 Å². The van der Waals surface area contributed by atoms with Crippen LogP contribution in [0.2, 0.25) is 0 Å². The molecular weight excluding hydrogens is 571 g/mol. The number of carboxylic acids is 1. The van der Waals surface area contributed by atoms with Crippen LogP contribution in [0.15, 0.2) is 51.4 Å². The minimum Gasteiger partial charge on any atom is -0.477 e. The third-order valence-corrected chi connectivity index (χ3v) is 8.11. The normalized spacial score (nSPS) is 21.7. The Morgan fingerprint density at radius 1 is 1.02 bits per heavy atom. The van der Waals surface area contributed by atoms with Crippen molar-refractivity contribution in [2.75, 3.05) is 4.90 Å². The van der Waals surface area contributed by atoms with Crippen molar-refractivity contribution in [3.8, 4) is 28.6 Å². The van der Waals surface area contributed by atoms with Crippen molar-refractivity contribution in [2.24, 2.45) is 0 Å². The maximum atomic E-state index is 13.1. The number of rotatable bonds is 9. The molecule has 11 nitrogen and oxygen atoms in total. The molecule has 7 rings (SSSR count). The SMILES string of the molecule is O=C(O)c1cccc(-c2nnc(N3C4CCC3CC(OCc3c(-c5ccccc5OC(F)(F)F)noc3C3CC3)C4)o2)n1. The highest BCUT2D eigenvalue weighted by Crippen LogP contribution is 2.46. The summed E-state index contributed by atoms with van der Waals surface area (Å²) >= 11 is 0. The smallest absolute Gasteiger partial charge is 0.477 e. The number of hydrogen-bond acceptors (Lipinski definition) is 10. The number of pyridine rings is 1. The standard InChI is InChI=1S/C29H26F3N5O6/c30-29(31,32)42-23-7-2-1-4-19(23)24-20(25(43-36-24)15-8-9-15)14-40-18-12-16-10-11-17(13-18)37(16)28-35-34-26(41-28)21-5-3-6-22(33-21)27(38)39/h1-7,15-18H,8-14H2,(H,38,39). The van der Waals surface area contributed by atoms with Gasteiger partial charge in [0, 0.05) is 29.1 Å². The van der Waals surface area contributed by atoms with E-state index in [-0.39, 0.29) is 59.3 Å². The van der Waals surface area contributed by atoms with Crippen LogP contribution in [0.25, 0.3) is 22.8 Å². The lowest BCUT2D eigenvalue weighted by Gasteiger charge is -2.37. The van der Waals surface area contributed by atoms with Crippen LogP contribution in [0, 0.1) is 0 Å². The number of fused-ring (bicyclic) bond motifs is 2. The van der Waals surface area contributed by atoms with Crippen molar-refractivity contribution in [1.82, 2.24) is 20.3 Å². The number of anilines is 1. The molecule has 43 heavy (non-hydrogen) atoms. The van der Waals surface area contributed by atoms with Crippen molar-refractivity contribution in [2.45, 2.75) is 75.6 Å². The van der Waals surface area contributed by atoms with Crippen LogP contribution in [-0.4, -0.2) is 56.0 Å². The molecule has 2 aliphatic heterocycles. The summed E-state index contributed by atoms with van der Waals surface area (Å²) in [5, 5.41) is 21.7. The second-order valence-electron chi connectivity index (χ2n) is 11.0. The Labute approximate surface area is 242 Å². The number of nitrogens with zero attached hydrogens (tertiary/aromatic N) is 5. The number of piperidine rings is 1. The molecule has 0 spiro atoms. The topological polar surface area (TPSA) is 137 Å². The number of ether oxygens (including phenoxy) is 2. The molecule has 2 unspecified atom stereocenters. The minimum atomic E-state index is -4.85. The van der Waals surface area contributed by atoms with Gasteiger partial charge in [-0.15, -0.1) is 18.3 Å². The van der Waals surface area contributed by atoms with Crippen molar-refractivity contribution < 1.29 is 41.5 Å². The number of para-hydroxylation sites is 1.